The highest BCUT2D eigenvalue weighted by atomic mass is 32.1. The first-order valence-corrected chi connectivity index (χ1v) is 10.9. The van der Waals surface area contributed by atoms with Gasteiger partial charge in [0.25, 0.3) is 0 Å². The molecule has 1 N–H and O–H groups in total. The van der Waals surface area contributed by atoms with Gasteiger partial charge in [0.05, 0.1) is 18.8 Å². The molecule has 2 rings (SSSR count). The van der Waals surface area contributed by atoms with Crippen molar-refractivity contribution < 1.29 is 23.9 Å². The van der Waals surface area contributed by atoms with Crippen LogP contribution in [0.3, 0.4) is 0 Å². The molecule has 0 aliphatic rings. The zero-order valence-corrected chi connectivity index (χ0v) is 19.0. The second-order valence-electron chi connectivity index (χ2n) is 7.51. The molecule has 0 radical (unpaired) electrons. The van der Waals surface area contributed by atoms with Crippen LogP contribution in [0.2, 0.25) is 0 Å². The highest BCUT2D eigenvalue weighted by molar-refractivity contribution is 7.18. The van der Waals surface area contributed by atoms with E-state index in [-0.39, 0.29) is 37.0 Å². The van der Waals surface area contributed by atoms with E-state index in [0.717, 1.165) is 22.5 Å². The van der Waals surface area contributed by atoms with Crippen LogP contribution in [0.4, 0.5) is 5.00 Å². The molecular weight excluding hydrogens is 402 g/mol. The molecule has 0 saturated heterocycles. The molecule has 2 aromatic rings. The Morgan fingerprint density at radius 2 is 1.70 bits per heavy atom. The number of anilines is 1. The number of hydrogen-bond acceptors (Lipinski definition) is 6. The molecule has 0 fully saturated rings. The molecule has 1 amide bonds. The predicted molar refractivity (Wildman–Crippen MR) is 118 cm³/mol. The van der Waals surface area contributed by atoms with Crippen LogP contribution in [-0.2, 0) is 20.7 Å². The van der Waals surface area contributed by atoms with Gasteiger partial charge in [0.2, 0.25) is 5.91 Å². The van der Waals surface area contributed by atoms with E-state index in [4.69, 9.17) is 9.47 Å². The number of carbonyl (C=O) groups is 3. The molecule has 1 aromatic carbocycles. The SMILES string of the molecule is CCOC(=O)c1c(NC(=O)CCc2ccc(C)cc2)sc(C(=O)OCC(C)C)c1C. The van der Waals surface area contributed by atoms with Gasteiger partial charge < -0.3 is 14.8 Å². The Labute approximate surface area is 181 Å². The Morgan fingerprint density at radius 1 is 1.03 bits per heavy atom. The van der Waals surface area contributed by atoms with Crippen LogP contribution in [0.1, 0.15) is 63.9 Å². The van der Waals surface area contributed by atoms with Crippen molar-refractivity contribution >= 4 is 34.2 Å². The summed E-state index contributed by atoms with van der Waals surface area (Å²) in [4.78, 5) is 37.7. The average molecular weight is 432 g/mol. The molecule has 6 nitrogen and oxygen atoms in total. The number of rotatable bonds is 9. The molecule has 30 heavy (non-hydrogen) atoms. The number of esters is 2. The lowest BCUT2D eigenvalue weighted by molar-refractivity contribution is -0.116. The summed E-state index contributed by atoms with van der Waals surface area (Å²) in [5.41, 5.74) is 2.89. The van der Waals surface area contributed by atoms with Gasteiger partial charge in [0.15, 0.2) is 0 Å². The molecule has 1 aromatic heterocycles. The molecule has 0 atom stereocenters. The van der Waals surface area contributed by atoms with E-state index in [1.807, 2.05) is 45.0 Å². The number of thiophene rings is 1. The average Bonchev–Trinajstić information content (AvgIpc) is 3.01. The highest BCUT2D eigenvalue weighted by Crippen LogP contribution is 2.34. The van der Waals surface area contributed by atoms with Gasteiger partial charge in [-0.05, 0) is 44.2 Å². The summed E-state index contributed by atoms with van der Waals surface area (Å²) in [6.07, 6.45) is 0.837. The van der Waals surface area contributed by atoms with E-state index in [0.29, 0.717) is 21.9 Å². The lowest BCUT2D eigenvalue weighted by Crippen LogP contribution is -2.15. The van der Waals surface area contributed by atoms with E-state index in [9.17, 15) is 14.4 Å². The summed E-state index contributed by atoms with van der Waals surface area (Å²) < 4.78 is 10.4. The van der Waals surface area contributed by atoms with Gasteiger partial charge in [0, 0.05) is 6.42 Å². The van der Waals surface area contributed by atoms with Gasteiger partial charge >= 0.3 is 11.9 Å². The summed E-state index contributed by atoms with van der Waals surface area (Å²) in [6, 6.07) is 7.99. The maximum absolute atomic E-state index is 12.5. The zero-order valence-electron chi connectivity index (χ0n) is 18.2. The number of amides is 1. The van der Waals surface area contributed by atoms with E-state index in [1.54, 1.807) is 13.8 Å². The lowest BCUT2D eigenvalue weighted by atomic mass is 10.1. The fourth-order valence-electron chi connectivity index (χ4n) is 2.75. The summed E-state index contributed by atoms with van der Waals surface area (Å²) >= 11 is 1.04. The monoisotopic (exact) mass is 431 g/mol. The second kappa shape index (κ2) is 10.9. The molecule has 0 aliphatic carbocycles. The van der Waals surface area contributed by atoms with Gasteiger partial charge in [-0.25, -0.2) is 9.59 Å². The molecule has 0 spiro atoms. The van der Waals surface area contributed by atoms with Crippen molar-refractivity contribution in [3.63, 3.8) is 0 Å². The van der Waals surface area contributed by atoms with E-state index >= 15 is 0 Å². The molecule has 1 heterocycles. The topological polar surface area (TPSA) is 81.7 Å². The maximum Gasteiger partial charge on any atom is 0.348 e. The Hall–Kier alpha value is -2.67. The van der Waals surface area contributed by atoms with E-state index in [1.165, 1.54) is 0 Å². The number of nitrogens with one attached hydrogen (secondary N) is 1. The Morgan fingerprint density at radius 3 is 2.30 bits per heavy atom. The Kier molecular flexibility index (Phi) is 8.59. The van der Waals surface area contributed by atoms with Crippen molar-refractivity contribution in [1.29, 1.82) is 0 Å². The van der Waals surface area contributed by atoms with Crippen LogP contribution in [0.15, 0.2) is 24.3 Å². The summed E-state index contributed by atoms with van der Waals surface area (Å²) in [7, 11) is 0. The van der Waals surface area contributed by atoms with E-state index in [2.05, 4.69) is 5.32 Å². The molecule has 0 aliphatic heterocycles. The number of ether oxygens (including phenoxy) is 2. The minimum Gasteiger partial charge on any atom is -0.462 e. The van der Waals surface area contributed by atoms with Gasteiger partial charge in [-0.3, -0.25) is 4.79 Å². The minimum absolute atomic E-state index is 0.194. The molecule has 7 heteroatoms. The smallest absolute Gasteiger partial charge is 0.348 e. The van der Waals surface area contributed by atoms with Crippen LogP contribution >= 0.6 is 11.3 Å². The van der Waals surface area contributed by atoms with Crippen molar-refractivity contribution in [3.05, 3.63) is 51.4 Å². The first kappa shape index (κ1) is 23.6. The van der Waals surface area contributed by atoms with E-state index < -0.39 is 11.9 Å². The Balaban J connectivity index is 2.18. The normalized spacial score (nSPS) is 10.7. The van der Waals surface area contributed by atoms with Gasteiger partial charge in [0.1, 0.15) is 9.88 Å². The third-order valence-electron chi connectivity index (χ3n) is 4.37. The number of carbonyl (C=O) groups excluding carboxylic acids is 3. The van der Waals surface area contributed by atoms with Crippen LogP contribution < -0.4 is 5.32 Å². The molecule has 0 saturated carbocycles. The quantitative estimate of drug-likeness (QED) is 0.570. The molecule has 0 unspecified atom stereocenters. The van der Waals surface area contributed by atoms with Crippen LogP contribution in [0.5, 0.6) is 0 Å². The summed E-state index contributed by atoms with van der Waals surface area (Å²) in [5.74, 6) is -1.11. The van der Waals surface area contributed by atoms with Crippen molar-refractivity contribution in [2.45, 2.75) is 47.5 Å². The second-order valence-corrected chi connectivity index (χ2v) is 8.53. The predicted octanol–water partition coefficient (Wildman–Crippen LogP) is 4.93. The van der Waals surface area contributed by atoms with Crippen LogP contribution in [-0.4, -0.2) is 31.1 Å². The Bertz CT molecular complexity index is 899. The third-order valence-corrected chi connectivity index (χ3v) is 5.56. The number of aryl methyl sites for hydroxylation is 2. The first-order valence-electron chi connectivity index (χ1n) is 10.1. The summed E-state index contributed by atoms with van der Waals surface area (Å²) in [5, 5.41) is 3.10. The molecule has 162 valence electrons. The van der Waals surface area contributed by atoms with Gasteiger partial charge in [-0.1, -0.05) is 43.7 Å². The number of benzene rings is 1. The number of hydrogen-bond donors (Lipinski definition) is 1. The maximum atomic E-state index is 12.5. The fourth-order valence-corrected chi connectivity index (χ4v) is 3.86. The van der Waals surface area contributed by atoms with Crippen molar-refractivity contribution in [2.75, 3.05) is 18.5 Å². The summed E-state index contributed by atoms with van der Waals surface area (Å²) in [6.45, 7) is 9.74. The van der Waals surface area contributed by atoms with Crippen LogP contribution in [0, 0.1) is 19.8 Å². The first-order chi connectivity index (χ1) is 14.2. The molecule has 0 bridgehead atoms. The fraction of sp³-hybridized carbons (Fsp3) is 0.435. The molecular formula is C23H29NO5S. The standard InChI is InChI=1S/C23H29NO5S/c1-6-28-22(26)19-16(5)20(23(27)29-13-14(2)3)30-21(19)24-18(25)12-11-17-9-7-15(4)8-10-17/h7-10,14H,6,11-13H2,1-5H3,(H,24,25). The van der Waals surface area contributed by atoms with Crippen molar-refractivity contribution in [2.24, 2.45) is 5.92 Å². The largest absolute Gasteiger partial charge is 0.462 e. The lowest BCUT2D eigenvalue weighted by Gasteiger charge is -2.07. The van der Waals surface area contributed by atoms with Gasteiger partial charge in [-0.2, -0.15) is 0 Å². The third kappa shape index (κ3) is 6.42. The van der Waals surface area contributed by atoms with Crippen LogP contribution in [0.25, 0.3) is 0 Å². The minimum atomic E-state index is -0.567. The highest BCUT2D eigenvalue weighted by Gasteiger charge is 2.27. The van der Waals surface area contributed by atoms with Crippen molar-refractivity contribution in [3.8, 4) is 0 Å². The van der Waals surface area contributed by atoms with Crippen molar-refractivity contribution in [1.82, 2.24) is 0 Å². The zero-order chi connectivity index (χ0) is 22.3. The van der Waals surface area contributed by atoms with Gasteiger partial charge in [-0.15, -0.1) is 11.3 Å².